The molecule has 2 aromatic rings. The summed E-state index contributed by atoms with van der Waals surface area (Å²) in [6.07, 6.45) is 0. The van der Waals surface area contributed by atoms with Crippen LogP contribution in [0.15, 0.2) is 48.5 Å². The summed E-state index contributed by atoms with van der Waals surface area (Å²) in [7, 11) is 0. The van der Waals surface area contributed by atoms with Crippen molar-refractivity contribution in [2.45, 2.75) is 6.04 Å². The van der Waals surface area contributed by atoms with E-state index in [1.807, 2.05) is 35.2 Å². The average Bonchev–Trinajstić information content (AvgIpc) is 2.65. The van der Waals surface area contributed by atoms with Crippen molar-refractivity contribution in [2.75, 3.05) is 26.2 Å². The highest BCUT2D eigenvalue weighted by Crippen LogP contribution is 2.22. The number of carbonyl (C=O) groups excluding carboxylic acids is 2. The van der Waals surface area contributed by atoms with E-state index in [-0.39, 0.29) is 11.5 Å². The molecular formula is C19H19F2N3O2. The van der Waals surface area contributed by atoms with E-state index in [4.69, 9.17) is 5.73 Å². The maximum Gasteiger partial charge on any atom is 0.254 e. The highest BCUT2D eigenvalue weighted by atomic mass is 19.2. The van der Waals surface area contributed by atoms with Crippen molar-refractivity contribution in [3.63, 3.8) is 0 Å². The Hall–Kier alpha value is -2.80. The van der Waals surface area contributed by atoms with Crippen molar-refractivity contribution in [1.29, 1.82) is 0 Å². The second-order valence-electron chi connectivity index (χ2n) is 6.17. The van der Waals surface area contributed by atoms with Crippen LogP contribution in [-0.2, 0) is 4.79 Å². The zero-order valence-electron chi connectivity index (χ0n) is 14.1. The predicted molar refractivity (Wildman–Crippen MR) is 92.2 cm³/mol. The summed E-state index contributed by atoms with van der Waals surface area (Å²) >= 11 is 0. The first-order valence-corrected chi connectivity index (χ1v) is 8.30. The monoisotopic (exact) mass is 359 g/mol. The number of primary amides is 1. The highest BCUT2D eigenvalue weighted by Gasteiger charge is 2.30. The van der Waals surface area contributed by atoms with Gasteiger partial charge in [-0.3, -0.25) is 14.5 Å². The van der Waals surface area contributed by atoms with Crippen molar-refractivity contribution >= 4 is 11.8 Å². The Morgan fingerprint density at radius 1 is 0.923 bits per heavy atom. The fourth-order valence-corrected chi connectivity index (χ4v) is 3.19. The molecule has 0 spiro atoms. The number of piperazine rings is 1. The first-order chi connectivity index (χ1) is 12.5. The summed E-state index contributed by atoms with van der Waals surface area (Å²) in [5, 5.41) is 0. The number of carbonyl (C=O) groups is 2. The Bertz CT molecular complexity index is 806. The zero-order valence-corrected chi connectivity index (χ0v) is 14.1. The molecule has 2 amide bonds. The van der Waals surface area contributed by atoms with Gasteiger partial charge in [-0.2, -0.15) is 0 Å². The van der Waals surface area contributed by atoms with Gasteiger partial charge in [0.1, 0.15) is 6.04 Å². The van der Waals surface area contributed by atoms with Gasteiger partial charge in [-0.05, 0) is 23.8 Å². The molecule has 1 saturated heterocycles. The lowest BCUT2D eigenvalue weighted by atomic mass is 10.0. The van der Waals surface area contributed by atoms with Gasteiger partial charge >= 0.3 is 0 Å². The van der Waals surface area contributed by atoms with Crippen molar-refractivity contribution in [2.24, 2.45) is 5.73 Å². The minimum absolute atomic E-state index is 0.104. The van der Waals surface area contributed by atoms with Crippen LogP contribution in [0.5, 0.6) is 0 Å². The van der Waals surface area contributed by atoms with Crippen LogP contribution in [0.25, 0.3) is 0 Å². The average molecular weight is 359 g/mol. The summed E-state index contributed by atoms with van der Waals surface area (Å²) in [5.74, 6) is -2.85. The van der Waals surface area contributed by atoms with Crippen LogP contribution in [0, 0.1) is 11.6 Å². The van der Waals surface area contributed by atoms with Gasteiger partial charge < -0.3 is 10.6 Å². The van der Waals surface area contributed by atoms with Crippen LogP contribution in [0.4, 0.5) is 8.78 Å². The molecule has 7 heteroatoms. The quantitative estimate of drug-likeness (QED) is 0.907. The molecular weight excluding hydrogens is 340 g/mol. The third-order valence-electron chi connectivity index (χ3n) is 4.52. The first kappa shape index (κ1) is 18.0. The van der Waals surface area contributed by atoms with Crippen molar-refractivity contribution in [3.8, 4) is 0 Å². The number of benzene rings is 2. The third kappa shape index (κ3) is 3.72. The third-order valence-corrected chi connectivity index (χ3v) is 4.52. The molecule has 2 N–H and O–H groups in total. The topological polar surface area (TPSA) is 66.6 Å². The standard InChI is InChI=1S/C19H19F2N3O2/c20-15-7-6-14(12-16(15)21)19(26)24-10-8-23(9-11-24)17(18(22)25)13-4-2-1-3-5-13/h1-7,12,17H,8-11H2,(H2,22,25). The molecule has 1 unspecified atom stereocenters. The second kappa shape index (κ2) is 7.61. The fraction of sp³-hybridized carbons (Fsp3) is 0.263. The van der Waals surface area contributed by atoms with E-state index < -0.39 is 23.6 Å². The molecule has 2 aromatic carbocycles. The minimum Gasteiger partial charge on any atom is -0.368 e. The van der Waals surface area contributed by atoms with Crippen molar-refractivity contribution < 1.29 is 18.4 Å². The number of hydrogen-bond acceptors (Lipinski definition) is 3. The molecule has 26 heavy (non-hydrogen) atoms. The lowest BCUT2D eigenvalue weighted by Gasteiger charge is -2.38. The number of nitrogens with two attached hydrogens (primary N) is 1. The maximum absolute atomic E-state index is 13.3. The van der Waals surface area contributed by atoms with E-state index >= 15 is 0 Å². The molecule has 1 atom stereocenters. The SMILES string of the molecule is NC(=O)C(c1ccccc1)N1CCN(C(=O)c2ccc(F)c(F)c2)CC1. The summed E-state index contributed by atoms with van der Waals surface area (Å²) < 4.78 is 26.4. The Balaban J connectivity index is 1.69. The molecule has 1 heterocycles. The zero-order chi connectivity index (χ0) is 18.7. The first-order valence-electron chi connectivity index (χ1n) is 8.30. The van der Waals surface area contributed by atoms with Gasteiger partial charge in [-0.15, -0.1) is 0 Å². The molecule has 1 aliphatic heterocycles. The van der Waals surface area contributed by atoms with E-state index in [1.165, 1.54) is 6.07 Å². The highest BCUT2D eigenvalue weighted by molar-refractivity contribution is 5.94. The summed E-state index contributed by atoms with van der Waals surface area (Å²) in [6, 6.07) is 11.8. The number of hydrogen-bond donors (Lipinski definition) is 1. The number of amides is 2. The van der Waals surface area contributed by atoms with Gasteiger partial charge in [0.15, 0.2) is 11.6 Å². The summed E-state index contributed by atoms with van der Waals surface area (Å²) in [4.78, 5) is 27.9. The van der Waals surface area contributed by atoms with Crippen LogP contribution in [0.1, 0.15) is 22.0 Å². The van der Waals surface area contributed by atoms with Gasteiger partial charge in [-0.25, -0.2) is 8.78 Å². The van der Waals surface area contributed by atoms with Gasteiger partial charge in [-0.1, -0.05) is 30.3 Å². The predicted octanol–water partition coefficient (Wildman–Crippen LogP) is 1.95. The van der Waals surface area contributed by atoms with Gasteiger partial charge in [0, 0.05) is 31.7 Å². The van der Waals surface area contributed by atoms with Crippen LogP contribution in [-0.4, -0.2) is 47.8 Å². The molecule has 1 aliphatic rings. The Kier molecular flexibility index (Phi) is 5.27. The largest absolute Gasteiger partial charge is 0.368 e. The maximum atomic E-state index is 13.3. The molecule has 5 nitrogen and oxygen atoms in total. The normalized spacial score (nSPS) is 16.3. The minimum atomic E-state index is -1.05. The van der Waals surface area contributed by atoms with Gasteiger partial charge in [0.2, 0.25) is 5.91 Å². The van der Waals surface area contributed by atoms with E-state index in [1.54, 1.807) is 4.90 Å². The van der Waals surface area contributed by atoms with Crippen molar-refractivity contribution in [1.82, 2.24) is 9.80 Å². The fourth-order valence-electron chi connectivity index (χ4n) is 3.19. The van der Waals surface area contributed by atoms with E-state index in [0.29, 0.717) is 26.2 Å². The second-order valence-corrected chi connectivity index (χ2v) is 6.17. The van der Waals surface area contributed by atoms with E-state index in [9.17, 15) is 18.4 Å². The number of rotatable bonds is 4. The molecule has 1 fully saturated rings. The number of nitrogens with zero attached hydrogens (tertiary/aromatic N) is 2. The summed E-state index contributed by atoms with van der Waals surface area (Å²) in [5.41, 5.74) is 6.49. The Morgan fingerprint density at radius 3 is 2.15 bits per heavy atom. The van der Waals surface area contributed by atoms with Crippen LogP contribution in [0.3, 0.4) is 0 Å². The van der Waals surface area contributed by atoms with E-state index in [0.717, 1.165) is 17.7 Å². The molecule has 0 aliphatic carbocycles. The Morgan fingerprint density at radius 2 is 1.58 bits per heavy atom. The molecule has 136 valence electrons. The molecule has 3 rings (SSSR count). The van der Waals surface area contributed by atoms with Gasteiger partial charge in [0.25, 0.3) is 5.91 Å². The summed E-state index contributed by atoms with van der Waals surface area (Å²) in [6.45, 7) is 1.65. The molecule has 0 bridgehead atoms. The number of halogens is 2. The molecule has 0 aromatic heterocycles. The lowest BCUT2D eigenvalue weighted by Crippen LogP contribution is -2.51. The molecule has 0 radical (unpaired) electrons. The van der Waals surface area contributed by atoms with Crippen LogP contribution < -0.4 is 5.73 Å². The molecule has 0 saturated carbocycles. The van der Waals surface area contributed by atoms with E-state index in [2.05, 4.69) is 0 Å². The lowest BCUT2D eigenvalue weighted by molar-refractivity contribution is -0.124. The smallest absolute Gasteiger partial charge is 0.254 e. The Labute approximate surface area is 150 Å². The van der Waals surface area contributed by atoms with Gasteiger partial charge in [0.05, 0.1) is 0 Å². The van der Waals surface area contributed by atoms with Crippen LogP contribution >= 0.6 is 0 Å². The van der Waals surface area contributed by atoms with Crippen molar-refractivity contribution in [3.05, 3.63) is 71.3 Å². The van der Waals surface area contributed by atoms with Crippen LogP contribution in [0.2, 0.25) is 0 Å².